The van der Waals surface area contributed by atoms with Crippen LogP contribution in [0.15, 0.2) is 0 Å². The van der Waals surface area contributed by atoms with E-state index in [-0.39, 0.29) is 92.8 Å². The predicted octanol–water partition coefficient (Wildman–Crippen LogP) is -0.472. The molecule has 0 saturated carbocycles. The van der Waals surface area contributed by atoms with E-state index in [0.29, 0.717) is 0 Å². The second-order valence-corrected chi connectivity index (χ2v) is 0. The average Bonchev–Trinajstić information content (AvgIpc) is 0. The van der Waals surface area contributed by atoms with Crippen molar-refractivity contribution in [2.24, 2.45) is 0 Å². The minimum atomic E-state index is 0. The minimum Gasteiger partial charge on any atom is -2.00 e. The molecule has 5 heteroatoms. The topological polar surface area (TPSA) is 88.5 Å². The molecule has 0 rings (SSSR count). The Kier molecular flexibility index (Phi) is 335. The van der Waals surface area contributed by atoms with Crippen LogP contribution >= 0.6 is 0 Å². The summed E-state index contributed by atoms with van der Waals surface area (Å²) in [5.41, 5.74) is 0. The van der Waals surface area contributed by atoms with Gasteiger partial charge in [-0.3, -0.25) is 0 Å². The van der Waals surface area contributed by atoms with Gasteiger partial charge in [0.25, 0.3) is 0 Å². The normalized spacial score (nSPS) is 0. The summed E-state index contributed by atoms with van der Waals surface area (Å²) >= 11 is 0. The van der Waals surface area contributed by atoms with Crippen molar-refractivity contribution in [1.29, 1.82) is 0 Å². The van der Waals surface area contributed by atoms with E-state index in [9.17, 15) is 0 Å². The van der Waals surface area contributed by atoms with E-state index in [1.54, 1.807) is 0 Å². The molecular formula is H2Dy2O3-4. The van der Waals surface area contributed by atoms with Crippen molar-refractivity contribution in [3.05, 3.63) is 0 Å². The van der Waals surface area contributed by atoms with E-state index in [0.717, 1.165) is 0 Å². The second-order valence-electron chi connectivity index (χ2n) is 0. The first-order valence-corrected chi connectivity index (χ1v) is 0. The number of rotatable bonds is 0. The molecule has 5 heavy (non-hydrogen) atoms. The molecule has 0 heterocycles. The van der Waals surface area contributed by atoms with Crippen molar-refractivity contribution in [1.82, 2.24) is 0 Å². The molecule has 0 aliphatic heterocycles. The second kappa shape index (κ2) is 32.2. The quantitative estimate of drug-likeness (QED) is 0.573. The van der Waals surface area contributed by atoms with Crippen LogP contribution in [-0.2, 0) is 5.48 Å². The van der Waals surface area contributed by atoms with Gasteiger partial charge in [-0.1, -0.05) is 0 Å². The zero-order valence-electron chi connectivity index (χ0n) is 1.94. The van der Waals surface area contributed by atoms with Gasteiger partial charge in [0.2, 0.25) is 0 Å². The zero-order valence-corrected chi connectivity index (χ0v) is 5.99. The Morgan fingerprint density at radius 1 is 0.600 bits per heavy atom. The fourth-order valence-electron chi connectivity index (χ4n) is 0. The molecule has 0 amide bonds. The molecule has 0 saturated heterocycles. The summed E-state index contributed by atoms with van der Waals surface area (Å²) in [6.45, 7) is 0. The minimum absolute atomic E-state index is 0. The summed E-state index contributed by atoms with van der Waals surface area (Å²) < 4.78 is 0. The number of hydrogen-bond donors (Lipinski definition) is 0. The Morgan fingerprint density at radius 2 is 0.600 bits per heavy atom. The van der Waals surface area contributed by atoms with Crippen LogP contribution in [0.1, 0.15) is 0 Å². The maximum absolute atomic E-state index is 0. The van der Waals surface area contributed by atoms with Gasteiger partial charge in [-0.25, -0.2) is 0 Å². The SMILES string of the molecule is [Dy].[Dy].[O-2].[OH-].[OH-]. The van der Waals surface area contributed by atoms with Crippen molar-refractivity contribution < 1.29 is 92.8 Å². The Balaban J connectivity index is 0. The van der Waals surface area contributed by atoms with E-state index >= 15 is 0 Å². The summed E-state index contributed by atoms with van der Waals surface area (Å²) in [5, 5.41) is 0. The fourth-order valence-corrected chi connectivity index (χ4v) is 0. The van der Waals surface area contributed by atoms with Gasteiger partial charge < -0.3 is 16.4 Å². The third-order valence-electron chi connectivity index (χ3n) is 0. The molecule has 0 unspecified atom stereocenters. The van der Waals surface area contributed by atoms with Crippen molar-refractivity contribution in [2.45, 2.75) is 0 Å². The molecule has 0 fully saturated rings. The number of hydrogen-bond acceptors (Lipinski definition) is 2. The van der Waals surface area contributed by atoms with E-state index in [2.05, 4.69) is 0 Å². The molecule has 3 nitrogen and oxygen atoms in total. The van der Waals surface area contributed by atoms with Crippen LogP contribution in [0.5, 0.6) is 0 Å². The third kappa shape index (κ3) is 21.4. The van der Waals surface area contributed by atoms with Gasteiger partial charge in [-0.05, 0) is 0 Å². The fraction of sp³-hybridized carbons (Fsp3) is 0. The standard InChI is InChI=1S/2Dy.2H2O.O/h;;2*1H2;/q;;;;-2/p-2. The molecule has 0 aliphatic rings. The Bertz CT molecular complexity index is 4.85. The first kappa shape index (κ1) is 52.1. The van der Waals surface area contributed by atoms with Gasteiger partial charge in [0.15, 0.2) is 0 Å². The molecule has 0 aromatic carbocycles. The predicted molar refractivity (Wildman–Crippen MR) is 4.56 cm³/mol. The van der Waals surface area contributed by atoms with Crippen LogP contribution in [0, 0.1) is 76.3 Å². The monoisotopic (exact) mass is 378 g/mol. The maximum atomic E-state index is 0. The van der Waals surface area contributed by atoms with Crippen LogP contribution in [0.4, 0.5) is 0 Å². The van der Waals surface area contributed by atoms with Crippen LogP contribution in [0.3, 0.4) is 0 Å². The van der Waals surface area contributed by atoms with Crippen molar-refractivity contribution in [3.63, 3.8) is 0 Å². The summed E-state index contributed by atoms with van der Waals surface area (Å²) in [7, 11) is 0. The molecular weight excluding hydrogens is 373 g/mol. The van der Waals surface area contributed by atoms with Gasteiger partial charge in [0.1, 0.15) is 0 Å². The molecule has 2 N–H and O–H groups in total. The molecule has 0 atom stereocenters. The average molecular weight is 375 g/mol. The third-order valence-corrected chi connectivity index (χ3v) is 0. The van der Waals surface area contributed by atoms with Gasteiger partial charge in [0.05, 0.1) is 0 Å². The van der Waals surface area contributed by atoms with Gasteiger partial charge in [-0.2, -0.15) is 0 Å². The van der Waals surface area contributed by atoms with Gasteiger partial charge >= 0.3 is 0 Å². The summed E-state index contributed by atoms with van der Waals surface area (Å²) in [5.74, 6) is 0. The van der Waals surface area contributed by atoms with Crippen molar-refractivity contribution in [2.75, 3.05) is 0 Å². The molecule has 0 aromatic heterocycles. The zero-order chi connectivity index (χ0) is 0. The Labute approximate surface area is 90.9 Å². The van der Waals surface area contributed by atoms with Crippen LogP contribution in [0.25, 0.3) is 0 Å². The molecule has 0 spiro atoms. The van der Waals surface area contributed by atoms with Crippen molar-refractivity contribution in [3.8, 4) is 0 Å². The molecule has 0 bridgehead atoms. The van der Waals surface area contributed by atoms with Crippen molar-refractivity contribution >= 4 is 0 Å². The first-order valence-electron chi connectivity index (χ1n) is 0. The summed E-state index contributed by atoms with van der Waals surface area (Å²) in [4.78, 5) is 0. The van der Waals surface area contributed by atoms with Crippen LogP contribution in [-0.4, -0.2) is 11.0 Å². The van der Waals surface area contributed by atoms with E-state index in [1.807, 2.05) is 0 Å². The summed E-state index contributed by atoms with van der Waals surface area (Å²) in [6, 6.07) is 0. The smallest absolute Gasteiger partial charge is 0 e. The molecule has 44 valence electrons. The van der Waals surface area contributed by atoms with E-state index in [4.69, 9.17) is 0 Å². The molecule has 0 aliphatic carbocycles. The van der Waals surface area contributed by atoms with Crippen LogP contribution in [0.2, 0.25) is 0 Å². The first-order chi connectivity index (χ1) is 0. The Morgan fingerprint density at radius 3 is 0.600 bits per heavy atom. The van der Waals surface area contributed by atoms with Crippen LogP contribution < -0.4 is 0 Å². The maximum Gasteiger partial charge on any atom is 0 e. The van der Waals surface area contributed by atoms with Gasteiger partial charge in [0, 0.05) is 76.3 Å². The van der Waals surface area contributed by atoms with Gasteiger partial charge in [-0.15, -0.1) is 0 Å². The summed E-state index contributed by atoms with van der Waals surface area (Å²) in [6.07, 6.45) is 0. The molecule has 0 radical (unpaired) electrons. The molecule has 0 aromatic rings. The Hall–Kier alpha value is 2.43. The largest absolute Gasteiger partial charge is 2.00 e. The van der Waals surface area contributed by atoms with E-state index < -0.39 is 0 Å². The van der Waals surface area contributed by atoms with E-state index in [1.165, 1.54) is 0 Å².